The minimum atomic E-state index is -0.505. The largest absolute Gasteiger partial charge is 0.330 e. The third kappa shape index (κ3) is 2.69. The van der Waals surface area contributed by atoms with Gasteiger partial charge in [0.2, 0.25) is 5.95 Å². The van der Waals surface area contributed by atoms with E-state index in [2.05, 4.69) is 16.8 Å². The van der Waals surface area contributed by atoms with Crippen LogP contribution >= 0.6 is 0 Å². The molecule has 0 amide bonds. The van der Waals surface area contributed by atoms with Crippen molar-refractivity contribution in [3.05, 3.63) is 29.8 Å². The van der Waals surface area contributed by atoms with Gasteiger partial charge in [-0.25, -0.2) is 4.98 Å². The Morgan fingerprint density at radius 2 is 2.33 bits per heavy atom. The van der Waals surface area contributed by atoms with Crippen molar-refractivity contribution in [3.63, 3.8) is 0 Å². The molecule has 2 nitrogen and oxygen atoms in total. The van der Waals surface area contributed by atoms with Crippen LogP contribution in [-0.2, 0) is 0 Å². The maximum Gasteiger partial charge on any atom is 0.214 e. The van der Waals surface area contributed by atoms with Crippen molar-refractivity contribution >= 4 is 0 Å². The molecule has 0 fully saturated rings. The van der Waals surface area contributed by atoms with Gasteiger partial charge in [0.1, 0.15) is 5.69 Å². The summed E-state index contributed by atoms with van der Waals surface area (Å²) in [6.45, 7) is 0.516. The highest BCUT2D eigenvalue weighted by molar-refractivity contribution is 5.26. The molecule has 0 aliphatic rings. The second-order valence-corrected chi connectivity index (χ2v) is 2.19. The molecule has 0 radical (unpaired) electrons. The molecule has 0 unspecified atom stereocenters. The van der Waals surface area contributed by atoms with E-state index in [4.69, 9.17) is 5.73 Å². The fourth-order valence-corrected chi connectivity index (χ4v) is 0.703. The van der Waals surface area contributed by atoms with Crippen molar-refractivity contribution in [2.45, 2.75) is 6.42 Å². The van der Waals surface area contributed by atoms with Gasteiger partial charge in [-0.1, -0.05) is 12.0 Å². The zero-order valence-corrected chi connectivity index (χ0v) is 6.55. The highest BCUT2D eigenvalue weighted by Crippen LogP contribution is 1.95. The second kappa shape index (κ2) is 4.47. The van der Waals surface area contributed by atoms with Crippen molar-refractivity contribution in [3.8, 4) is 11.8 Å². The van der Waals surface area contributed by atoms with Crippen LogP contribution in [0.5, 0.6) is 0 Å². The van der Waals surface area contributed by atoms with E-state index in [1.54, 1.807) is 12.1 Å². The quantitative estimate of drug-likeness (QED) is 0.495. The number of hydrogen-bond acceptors (Lipinski definition) is 2. The molecule has 0 aliphatic carbocycles. The SMILES string of the molecule is NCCC#Cc1cccc(F)n1. The Morgan fingerprint density at radius 3 is 3.00 bits per heavy atom. The smallest absolute Gasteiger partial charge is 0.214 e. The van der Waals surface area contributed by atoms with E-state index in [9.17, 15) is 4.39 Å². The second-order valence-electron chi connectivity index (χ2n) is 2.19. The molecule has 0 saturated heterocycles. The number of hydrogen-bond donors (Lipinski definition) is 1. The number of pyridine rings is 1. The van der Waals surface area contributed by atoms with Crippen molar-refractivity contribution in [1.29, 1.82) is 0 Å². The van der Waals surface area contributed by atoms with Crippen LogP contribution < -0.4 is 5.73 Å². The molecule has 0 bridgehead atoms. The summed E-state index contributed by atoms with van der Waals surface area (Å²) in [4.78, 5) is 3.56. The molecule has 0 spiro atoms. The fourth-order valence-electron chi connectivity index (χ4n) is 0.703. The minimum Gasteiger partial charge on any atom is -0.330 e. The van der Waals surface area contributed by atoms with Crippen LogP contribution in [0.3, 0.4) is 0 Å². The third-order valence-electron chi connectivity index (χ3n) is 1.20. The van der Waals surface area contributed by atoms with Gasteiger partial charge in [0, 0.05) is 13.0 Å². The molecule has 0 atom stereocenters. The average Bonchev–Trinajstić information content (AvgIpc) is 2.05. The summed E-state index contributed by atoms with van der Waals surface area (Å²) >= 11 is 0. The van der Waals surface area contributed by atoms with Gasteiger partial charge in [-0.2, -0.15) is 4.39 Å². The highest BCUT2D eigenvalue weighted by Gasteiger charge is 1.90. The van der Waals surface area contributed by atoms with Crippen molar-refractivity contribution in [1.82, 2.24) is 4.98 Å². The van der Waals surface area contributed by atoms with E-state index in [1.807, 2.05) is 0 Å². The standard InChI is InChI=1S/C9H9FN2/c10-9-6-3-5-8(12-9)4-1-2-7-11/h3,5-6H,2,7,11H2. The first-order chi connectivity index (χ1) is 5.83. The lowest BCUT2D eigenvalue weighted by molar-refractivity contribution is 0.582. The van der Waals surface area contributed by atoms with E-state index in [0.717, 1.165) is 0 Å². The summed E-state index contributed by atoms with van der Waals surface area (Å²) in [6.07, 6.45) is 0.609. The lowest BCUT2D eigenvalue weighted by atomic mass is 10.3. The van der Waals surface area contributed by atoms with Crippen LogP contribution in [0.25, 0.3) is 0 Å². The molecule has 1 heterocycles. The number of halogens is 1. The molecule has 12 heavy (non-hydrogen) atoms. The Labute approximate surface area is 70.6 Å². The Balaban J connectivity index is 2.71. The van der Waals surface area contributed by atoms with Crippen LogP contribution in [0.15, 0.2) is 18.2 Å². The first kappa shape index (κ1) is 8.69. The lowest BCUT2D eigenvalue weighted by Crippen LogP contribution is -1.95. The van der Waals surface area contributed by atoms with Gasteiger partial charge in [0.05, 0.1) is 0 Å². The van der Waals surface area contributed by atoms with Crippen molar-refractivity contribution in [2.75, 3.05) is 6.54 Å². The zero-order chi connectivity index (χ0) is 8.81. The first-order valence-corrected chi connectivity index (χ1v) is 3.64. The zero-order valence-electron chi connectivity index (χ0n) is 6.55. The van der Waals surface area contributed by atoms with Crippen LogP contribution in [0, 0.1) is 17.8 Å². The summed E-state index contributed by atoms with van der Waals surface area (Å²) in [5.74, 6) is 4.97. The van der Waals surface area contributed by atoms with E-state index >= 15 is 0 Å². The van der Waals surface area contributed by atoms with Crippen LogP contribution in [0.2, 0.25) is 0 Å². The summed E-state index contributed by atoms with van der Waals surface area (Å²) in [5, 5.41) is 0. The van der Waals surface area contributed by atoms with Gasteiger partial charge in [-0.05, 0) is 18.1 Å². The summed E-state index contributed by atoms with van der Waals surface area (Å²) < 4.78 is 12.5. The molecule has 0 aliphatic heterocycles. The maximum atomic E-state index is 12.5. The topological polar surface area (TPSA) is 38.9 Å². The molecule has 3 heteroatoms. The Kier molecular flexibility index (Phi) is 3.24. The number of nitrogens with two attached hydrogens (primary N) is 1. The van der Waals surface area contributed by atoms with Gasteiger partial charge >= 0.3 is 0 Å². The van der Waals surface area contributed by atoms with E-state index in [1.165, 1.54) is 6.07 Å². The van der Waals surface area contributed by atoms with E-state index in [-0.39, 0.29) is 0 Å². The van der Waals surface area contributed by atoms with Gasteiger partial charge in [0.15, 0.2) is 0 Å². The molecule has 0 aromatic carbocycles. The Hall–Kier alpha value is -1.40. The fraction of sp³-hybridized carbons (Fsp3) is 0.222. The van der Waals surface area contributed by atoms with Gasteiger partial charge in [-0.15, -0.1) is 0 Å². The average molecular weight is 164 g/mol. The predicted molar refractivity (Wildman–Crippen MR) is 44.7 cm³/mol. The first-order valence-electron chi connectivity index (χ1n) is 3.64. The van der Waals surface area contributed by atoms with Crippen LogP contribution in [0.1, 0.15) is 12.1 Å². The molecular weight excluding hydrogens is 155 g/mol. The van der Waals surface area contributed by atoms with Crippen molar-refractivity contribution < 1.29 is 4.39 Å². The number of nitrogens with zero attached hydrogens (tertiary/aromatic N) is 1. The maximum absolute atomic E-state index is 12.5. The molecule has 1 aromatic heterocycles. The normalized spacial score (nSPS) is 8.83. The minimum absolute atomic E-state index is 0.448. The summed E-state index contributed by atoms with van der Waals surface area (Å²) in [5.41, 5.74) is 5.67. The Bertz CT molecular complexity index is 312. The predicted octanol–water partition coefficient (Wildman–Crippen LogP) is 0.921. The number of rotatable bonds is 1. The molecule has 2 N–H and O–H groups in total. The summed E-state index contributed by atoms with van der Waals surface area (Å²) in [7, 11) is 0. The van der Waals surface area contributed by atoms with Crippen molar-refractivity contribution in [2.24, 2.45) is 5.73 Å². The monoisotopic (exact) mass is 164 g/mol. The molecule has 1 aromatic rings. The summed E-state index contributed by atoms with van der Waals surface area (Å²) in [6, 6.07) is 4.52. The molecule has 0 saturated carbocycles. The van der Waals surface area contributed by atoms with E-state index in [0.29, 0.717) is 18.7 Å². The molecular formula is C9H9FN2. The third-order valence-corrected chi connectivity index (χ3v) is 1.20. The number of aromatic nitrogens is 1. The molecule has 1 rings (SSSR count). The lowest BCUT2D eigenvalue weighted by Gasteiger charge is -1.88. The van der Waals surface area contributed by atoms with Gasteiger partial charge < -0.3 is 5.73 Å². The highest BCUT2D eigenvalue weighted by atomic mass is 19.1. The van der Waals surface area contributed by atoms with Crippen LogP contribution in [-0.4, -0.2) is 11.5 Å². The van der Waals surface area contributed by atoms with Crippen LogP contribution in [0.4, 0.5) is 4.39 Å². The van der Waals surface area contributed by atoms with Gasteiger partial charge in [0.25, 0.3) is 0 Å². The molecule has 62 valence electrons. The Morgan fingerprint density at radius 1 is 1.50 bits per heavy atom. The van der Waals surface area contributed by atoms with Gasteiger partial charge in [-0.3, -0.25) is 0 Å². The van der Waals surface area contributed by atoms with E-state index < -0.39 is 5.95 Å².